The molecule has 6 nitrogen and oxygen atoms in total. The molecule has 0 aliphatic rings. The van der Waals surface area contributed by atoms with Gasteiger partial charge in [-0.2, -0.15) is 0 Å². The van der Waals surface area contributed by atoms with Crippen LogP contribution in [0.2, 0.25) is 0 Å². The van der Waals surface area contributed by atoms with E-state index in [9.17, 15) is 0 Å². The van der Waals surface area contributed by atoms with Crippen molar-refractivity contribution in [1.29, 1.82) is 0 Å². The van der Waals surface area contributed by atoms with Crippen molar-refractivity contribution >= 4 is 148 Å². The summed E-state index contributed by atoms with van der Waals surface area (Å²) in [6, 6.07) is 137. The minimum Gasteiger partial charge on any atom is -0.457 e. The fourth-order valence-corrected chi connectivity index (χ4v) is 16.0. The van der Waals surface area contributed by atoms with E-state index in [-0.39, 0.29) is 0 Å². The van der Waals surface area contributed by atoms with Gasteiger partial charge in [-0.1, -0.05) is 212 Å². The lowest BCUT2D eigenvalue weighted by Gasteiger charge is -2.34. The maximum absolute atomic E-state index is 7.10. The standard InChI is InChI=1S/C90H63N5OS2/c1-8-31-64(32-9-1)79-47-22-25-50-82(79)95(76-61-75(62-78(63-76)96-77-45-20-7-21-46-77)94(69-41-18-6-19-42-69)84-52-30-56-88-90(84)81-49-24-27-54-86(81)98-88)71-44-28-43-70(57-71)92(67-37-14-4-15-38-67)73-58-72(91(65-33-10-2-11-34-65)66-35-12-3-13-36-66)59-74(60-73)93(68-39-16-5-17-40-68)83-51-29-55-87-89(83)80-48-23-26-53-85(80)97-87/h1-63H. The van der Waals surface area contributed by atoms with E-state index >= 15 is 0 Å². The summed E-state index contributed by atoms with van der Waals surface area (Å²) in [6.07, 6.45) is 0. The van der Waals surface area contributed by atoms with Gasteiger partial charge in [0.15, 0.2) is 0 Å². The molecule has 8 heteroatoms. The summed E-state index contributed by atoms with van der Waals surface area (Å²) in [6.45, 7) is 0. The molecule has 0 radical (unpaired) electrons. The van der Waals surface area contributed by atoms with E-state index in [0.29, 0.717) is 5.75 Å². The van der Waals surface area contributed by atoms with E-state index in [4.69, 9.17) is 4.74 Å². The summed E-state index contributed by atoms with van der Waals surface area (Å²) >= 11 is 3.66. The van der Waals surface area contributed by atoms with Crippen molar-refractivity contribution in [2.45, 2.75) is 0 Å². The molecule has 0 aliphatic heterocycles. The van der Waals surface area contributed by atoms with E-state index in [2.05, 4.69) is 376 Å². The highest BCUT2D eigenvalue weighted by Gasteiger charge is 2.28. The fourth-order valence-electron chi connectivity index (χ4n) is 13.7. The van der Waals surface area contributed by atoms with Crippen LogP contribution >= 0.6 is 22.7 Å². The van der Waals surface area contributed by atoms with Gasteiger partial charge in [-0.05, 0) is 163 Å². The summed E-state index contributed by atoms with van der Waals surface area (Å²) in [4.78, 5) is 12.1. The Morgan fingerprint density at radius 3 is 0.959 bits per heavy atom. The van der Waals surface area contributed by atoms with Crippen LogP contribution < -0.4 is 29.2 Å². The highest BCUT2D eigenvalue weighted by Crippen LogP contribution is 2.53. The summed E-state index contributed by atoms with van der Waals surface area (Å²) in [5.74, 6) is 1.41. The topological polar surface area (TPSA) is 25.4 Å². The monoisotopic (exact) mass is 1290 g/mol. The van der Waals surface area contributed by atoms with Gasteiger partial charge in [0.2, 0.25) is 0 Å². The SMILES string of the molecule is c1ccc(Oc2cc(N(c3cccc(N(c4ccccc4)c4cc(N(c5ccccc5)c5ccccc5)cc(N(c5ccccc5)c5cccc6sc7ccccc7c56)c4)c3)c3ccccc3-c3ccccc3)cc(N(c3ccccc3)c3cccc4sc5ccccc5c34)c2)cc1. The van der Waals surface area contributed by atoms with Gasteiger partial charge in [0, 0.05) is 97.9 Å². The molecular weight excluding hydrogens is 1230 g/mol. The largest absolute Gasteiger partial charge is 0.457 e. The molecule has 2 aromatic heterocycles. The van der Waals surface area contributed by atoms with Gasteiger partial charge in [-0.15, -0.1) is 22.7 Å². The van der Waals surface area contributed by atoms with Crippen LogP contribution in [0.1, 0.15) is 0 Å². The third-order valence-electron chi connectivity index (χ3n) is 17.9. The Hall–Kier alpha value is -12.5. The molecule has 17 rings (SSSR count). The van der Waals surface area contributed by atoms with Crippen LogP contribution in [-0.2, 0) is 0 Å². The van der Waals surface area contributed by atoms with Gasteiger partial charge >= 0.3 is 0 Å². The Balaban J connectivity index is 0.921. The van der Waals surface area contributed by atoms with Crippen LogP contribution in [0.15, 0.2) is 382 Å². The minimum absolute atomic E-state index is 0.677. The van der Waals surface area contributed by atoms with Crippen molar-refractivity contribution in [2.75, 3.05) is 24.5 Å². The number of para-hydroxylation sites is 7. The normalized spacial score (nSPS) is 11.3. The van der Waals surface area contributed by atoms with Crippen molar-refractivity contribution in [2.24, 2.45) is 0 Å². The number of hydrogen-bond acceptors (Lipinski definition) is 8. The lowest BCUT2D eigenvalue weighted by Crippen LogP contribution is -2.17. The van der Waals surface area contributed by atoms with Gasteiger partial charge < -0.3 is 29.2 Å². The predicted octanol–water partition coefficient (Wildman–Crippen LogP) is 27.2. The zero-order valence-corrected chi connectivity index (χ0v) is 55.0. The predicted molar refractivity (Wildman–Crippen MR) is 418 cm³/mol. The molecule has 0 saturated heterocycles. The number of anilines is 15. The molecule has 15 aromatic carbocycles. The van der Waals surface area contributed by atoms with Crippen LogP contribution in [0.5, 0.6) is 11.5 Å². The molecule has 0 N–H and O–H groups in total. The van der Waals surface area contributed by atoms with E-state index < -0.39 is 0 Å². The molecule has 0 unspecified atom stereocenters. The number of ether oxygens (including phenoxy) is 1. The van der Waals surface area contributed by atoms with Crippen molar-refractivity contribution < 1.29 is 4.74 Å². The number of benzene rings is 15. The Labute approximate surface area is 578 Å². The molecule has 0 spiro atoms. The summed E-state index contributed by atoms with van der Waals surface area (Å²) in [5.41, 5.74) is 17.0. The van der Waals surface area contributed by atoms with Crippen molar-refractivity contribution in [1.82, 2.24) is 0 Å². The maximum Gasteiger partial charge on any atom is 0.131 e. The molecule has 2 heterocycles. The first kappa shape index (κ1) is 59.3. The lowest BCUT2D eigenvalue weighted by atomic mass is 10.0. The number of thiophene rings is 2. The van der Waals surface area contributed by atoms with Crippen LogP contribution in [0.4, 0.5) is 85.3 Å². The van der Waals surface area contributed by atoms with E-state index in [0.717, 1.165) is 102 Å². The lowest BCUT2D eigenvalue weighted by molar-refractivity contribution is 0.483. The number of fused-ring (bicyclic) bond motifs is 6. The second-order valence-electron chi connectivity index (χ2n) is 24.1. The highest BCUT2D eigenvalue weighted by molar-refractivity contribution is 7.26. The molecule has 0 atom stereocenters. The first-order chi connectivity index (χ1) is 48.6. The average molecular weight is 1290 g/mol. The Morgan fingerprint density at radius 1 is 0.194 bits per heavy atom. The molecule has 0 fully saturated rings. The maximum atomic E-state index is 7.10. The van der Waals surface area contributed by atoms with Crippen LogP contribution in [-0.4, -0.2) is 0 Å². The van der Waals surface area contributed by atoms with Gasteiger partial charge in [-0.25, -0.2) is 0 Å². The number of rotatable bonds is 18. The summed E-state index contributed by atoms with van der Waals surface area (Å²) in [5, 5.41) is 4.84. The van der Waals surface area contributed by atoms with Gasteiger partial charge in [-0.3, -0.25) is 0 Å². The first-order valence-corrected chi connectivity index (χ1v) is 34.6. The smallest absolute Gasteiger partial charge is 0.131 e. The molecule has 17 aromatic rings. The van der Waals surface area contributed by atoms with E-state index in [1.165, 1.54) is 40.3 Å². The number of nitrogens with zero attached hydrogens (tertiary/aromatic N) is 5. The van der Waals surface area contributed by atoms with Crippen molar-refractivity contribution in [3.8, 4) is 22.6 Å². The average Bonchev–Trinajstić information content (AvgIpc) is 1.70. The summed E-state index contributed by atoms with van der Waals surface area (Å²) in [7, 11) is 0. The summed E-state index contributed by atoms with van der Waals surface area (Å²) < 4.78 is 12.0. The Kier molecular flexibility index (Phi) is 16.0. The van der Waals surface area contributed by atoms with Gasteiger partial charge in [0.1, 0.15) is 11.5 Å². The zero-order chi connectivity index (χ0) is 65.1. The zero-order valence-electron chi connectivity index (χ0n) is 53.3. The second kappa shape index (κ2) is 26.4. The molecule has 0 bridgehead atoms. The third-order valence-corrected chi connectivity index (χ3v) is 20.2. The first-order valence-electron chi connectivity index (χ1n) is 33.0. The highest BCUT2D eigenvalue weighted by atomic mass is 32.1. The third kappa shape index (κ3) is 11.5. The Bertz CT molecular complexity index is 5600. The van der Waals surface area contributed by atoms with Gasteiger partial charge in [0.05, 0.1) is 45.5 Å². The molecule has 0 saturated carbocycles. The van der Waals surface area contributed by atoms with Crippen molar-refractivity contribution in [3.05, 3.63) is 382 Å². The Morgan fingerprint density at radius 2 is 0.490 bits per heavy atom. The van der Waals surface area contributed by atoms with Gasteiger partial charge in [0.25, 0.3) is 0 Å². The van der Waals surface area contributed by atoms with Crippen LogP contribution in [0, 0.1) is 0 Å². The van der Waals surface area contributed by atoms with Crippen LogP contribution in [0.25, 0.3) is 51.5 Å². The molecular formula is C90H63N5OS2. The van der Waals surface area contributed by atoms with Crippen LogP contribution in [0.3, 0.4) is 0 Å². The molecule has 466 valence electrons. The quantitative estimate of drug-likeness (QED) is 0.0849. The number of hydrogen-bond donors (Lipinski definition) is 0. The molecule has 98 heavy (non-hydrogen) atoms. The fraction of sp³-hybridized carbons (Fsp3) is 0. The minimum atomic E-state index is 0.677. The van der Waals surface area contributed by atoms with Crippen molar-refractivity contribution in [3.63, 3.8) is 0 Å². The molecule has 0 aliphatic carbocycles. The molecule has 0 amide bonds. The van der Waals surface area contributed by atoms with E-state index in [1.807, 2.05) is 53.0 Å². The van der Waals surface area contributed by atoms with E-state index in [1.54, 1.807) is 0 Å². The second-order valence-corrected chi connectivity index (χ2v) is 26.2.